The largest absolute Gasteiger partial charge is 0.466 e. The van der Waals surface area contributed by atoms with Crippen LogP contribution in [0.1, 0.15) is 92.9 Å². The second kappa shape index (κ2) is 15.9. The predicted molar refractivity (Wildman–Crippen MR) is 157 cm³/mol. The minimum Gasteiger partial charge on any atom is -0.466 e. The van der Waals surface area contributed by atoms with Gasteiger partial charge in [0, 0.05) is 14.5 Å². The first-order valence-corrected chi connectivity index (χ1v) is 19.2. The molecule has 0 spiro atoms. The molecule has 1 N–H and O–H groups in total. The Kier molecular flexibility index (Phi) is 13.9. The van der Waals surface area contributed by atoms with Crippen LogP contribution >= 0.6 is 0 Å². The third-order valence-corrected chi connectivity index (χ3v) is 9.76. The van der Waals surface area contributed by atoms with Crippen molar-refractivity contribution >= 4 is 20.0 Å². The average molecular weight is 571 g/mol. The van der Waals surface area contributed by atoms with Crippen LogP contribution in [0.4, 0.5) is 0 Å². The Bertz CT molecular complexity index is 750. The molecule has 0 bridgehead atoms. The lowest BCUT2D eigenvalue weighted by Gasteiger charge is -2.27. The minimum atomic E-state index is -1.25. The first-order valence-electron chi connectivity index (χ1n) is 15.5. The first-order chi connectivity index (χ1) is 18.1. The molecule has 0 aromatic heterocycles. The maximum Gasteiger partial charge on any atom is 0.311 e. The Balaban J connectivity index is 1.84. The molecule has 0 unspecified atom stereocenters. The molecule has 2 aliphatic heterocycles. The molecule has 39 heavy (non-hydrogen) atoms. The number of carbonyl (C=O) groups excluding carboxylic acids is 2. The van der Waals surface area contributed by atoms with E-state index in [0.29, 0.717) is 31.3 Å². The van der Waals surface area contributed by atoms with Crippen molar-refractivity contribution in [1.82, 2.24) is 0 Å². The van der Waals surface area contributed by atoms with Crippen molar-refractivity contribution in [2.75, 3.05) is 6.61 Å². The number of rotatable bonds is 16. The van der Waals surface area contributed by atoms with Crippen LogP contribution in [0.5, 0.6) is 0 Å². The monoisotopic (exact) mass is 570 g/mol. The van der Waals surface area contributed by atoms with Crippen molar-refractivity contribution in [2.24, 2.45) is 23.7 Å². The van der Waals surface area contributed by atoms with E-state index in [-0.39, 0.29) is 60.4 Å². The van der Waals surface area contributed by atoms with Gasteiger partial charge in [0.2, 0.25) is 0 Å². The van der Waals surface area contributed by atoms with Crippen LogP contribution < -0.4 is 0 Å². The zero-order chi connectivity index (χ0) is 29.3. The smallest absolute Gasteiger partial charge is 0.311 e. The van der Waals surface area contributed by atoms with Gasteiger partial charge in [0.25, 0.3) is 0 Å². The van der Waals surface area contributed by atoms with E-state index >= 15 is 0 Å². The summed E-state index contributed by atoms with van der Waals surface area (Å²) >= 11 is 0. The van der Waals surface area contributed by atoms with Gasteiger partial charge in [-0.25, -0.2) is 0 Å². The number of aliphatic hydroxyl groups is 1. The van der Waals surface area contributed by atoms with Gasteiger partial charge in [-0.05, 0) is 76.7 Å². The van der Waals surface area contributed by atoms with Crippen molar-refractivity contribution in [1.29, 1.82) is 0 Å². The standard InChI is InChI=1S/C31H58O7Si/c1-20(2)16-24(32)18-25-10-12-29(36-25)23(6)31(34)38-27(17-21(3)4)19-26-11-13-28(37-26)22(5)30(33)35-14-15-39(7,8)9/h20-29,32H,10-19H2,1-9H3/t22-,23+,24-,25-,26+,27+,28-,29+/m0/s1. The van der Waals surface area contributed by atoms with Crippen molar-refractivity contribution in [3.05, 3.63) is 0 Å². The summed E-state index contributed by atoms with van der Waals surface area (Å²) in [5.41, 5.74) is 0. The Hall–Kier alpha value is -0.963. The molecule has 0 saturated carbocycles. The van der Waals surface area contributed by atoms with Crippen LogP contribution in [0.3, 0.4) is 0 Å². The molecule has 0 amide bonds. The maximum absolute atomic E-state index is 13.2. The molecule has 2 saturated heterocycles. The Morgan fingerprint density at radius 3 is 1.82 bits per heavy atom. The minimum absolute atomic E-state index is 0.00139. The normalized spacial score (nSPS) is 27.0. The van der Waals surface area contributed by atoms with Crippen molar-refractivity contribution in [2.45, 2.75) is 155 Å². The average Bonchev–Trinajstić information content (AvgIpc) is 3.45. The lowest BCUT2D eigenvalue weighted by Crippen LogP contribution is -2.34. The molecule has 2 fully saturated rings. The summed E-state index contributed by atoms with van der Waals surface area (Å²) in [6.45, 7) is 19.6. The molecule has 2 aliphatic rings. The molecule has 0 aliphatic carbocycles. The Labute approximate surface area is 239 Å². The highest BCUT2D eigenvalue weighted by molar-refractivity contribution is 6.76. The van der Waals surface area contributed by atoms with Gasteiger partial charge >= 0.3 is 11.9 Å². The van der Waals surface area contributed by atoms with E-state index in [0.717, 1.165) is 44.6 Å². The summed E-state index contributed by atoms with van der Waals surface area (Å²) < 4.78 is 24.1. The zero-order valence-electron chi connectivity index (χ0n) is 26.2. The number of hydrogen-bond donors (Lipinski definition) is 1. The summed E-state index contributed by atoms with van der Waals surface area (Å²) in [4.78, 5) is 25.7. The molecule has 8 atom stereocenters. The molecule has 7 nitrogen and oxygen atoms in total. The molecule has 228 valence electrons. The highest BCUT2D eigenvalue weighted by Crippen LogP contribution is 2.33. The van der Waals surface area contributed by atoms with E-state index in [2.05, 4.69) is 47.3 Å². The summed E-state index contributed by atoms with van der Waals surface area (Å²) in [5, 5.41) is 10.3. The van der Waals surface area contributed by atoms with Crippen LogP contribution in [0.25, 0.3) is 0 Å². The van der Waals surface area contributed by atoms with Crippen LogP contribution in [-0.2, 0) is 28.5 Å². The fourth-order valence-electron chi connectivity index (χ4n) is 5.67. The molecule has 0 aromatic rings. The molecule has 0 aromatic carbocycles. The van der Waals surface area contributed by atoms with E-state index in [1.165, 1.54) is 0 Å². The van der Waals surface area contributed by atoms with Gasteiger partial charge in [-0.15, -0.1) is 0 Å². The van der Waals surface area contributed by atoms with Gasteiger partial charge in [0.1, 0.15) is 6.10 Å². The molecule has 2 heterocycles. The van der Waals surface area contributed by atoms with E-state index in [9.17, 15) is 14.7 Å². The first kappa shape index (κ1) is 34.2. The molecule has 2 rings (SSSR count). The van der Waals surface area contributed by atoms with Crippen molar-refractivity contribution in [3.63, 3.8) is 0 Å². The van der Waals surface area contributed by atoms with E-state index in [1.807, 2.05) is 13.8 Å². The third kappa shape index (κ3) is 12.6. The second-order valence-electron chi connectivity index (χ2n) is 14.2. The predicted octanol–water partition coefficient (Wildman–Crippen LogP) is 6.38. The molecule has 0 radical (unpaired) electrons. The van der Waals surface area contributed by atoms with Gasteiger partial charge < -0.3 is 24.1 Å². The van der Waals surface area contributed by atoms with Crippen LogP contribution in [0, 0.1) is 23.7 Å². The molecule has 8 heteroatoms. The lowest BCUT2D eigenvalue weighted by atomic mass is 9.97. The van der Waals surface area contributed by atoms with Gasteiger partial charge in [-0.3, -0.25) is 9.59 Å². The highest BCUT2D eigenvalue weighted by atomic mass is 28.3. The van der Waals surface area contributed by atoms with Crippen LogP contribution in [-0.4, -0.2) is 68.3 Å². The fourth-order valence-corrected chi connectivity index (χ4v) is 6.38. The summed E-state index contributed by atoms with van der Waals surface area (Å²) in [6.07, 6.45) is 5.18. The zero-order valence-corrected chi connectivity index (χ0v) is 27.2. The highest BCUT2D eigenvalue weighted by Gasteiger charge is 2.38. The fraction of sp³-hybridized carbons (Fsp3) is 0.935. The Morgan fingerprint density at radius 2 is 1.31 bits per heavy atom. The van der Waals surface area contributed by atoms with E-state index in [4.69, 9.17) is 18.9 Å². The van der Waals surface area contributed by atoms with Crippen molar-refractivity contribution in [3.8, 4) is 0 Å². The number of hydrogen-bond acceptors (Lipinski definition) is 7. The van der Waals surface area contributed by atoms with Crippen LogP contribution in [0.15, 0.2) is 0 Å². The van der Waals surface area contributed by atoms with E-state index in [1.54, 1.807) is 0 Å². The SMILES string of the molecule is CC(C)C[C@H](O)C[C@@H]1CC[C@H]([C@@H](C)C(=O)O[C@H](CC(C)C)C[C@H]2CC[C@@H]([C@H](C)C(=O)OCC[Si](C)(C)C)O2)O1. The van der Waals surface area contributed by atoms with Gasteiger partial charge in [0.15, 0.2) is 0 Å². The van der Waals surface area contributed by atoms with Gasteiger partial charge in [0.05, 0.1) is 49.0 Å². The van der Waals surface area contributed by atoms with Crippen molar-refractivity contribution < 1.29 is 33.6 Å². The second-order valence-corrected chi connectivity index (χ2v) is 19.9. The summed E-state index contributed by atoms with van der Waals surface area (Å²) in [5.74, 6) is -0.221. The van der Waals surface area contributed by atoms with E-state index < -0.39 is 8.07 Å². The number of ether oxygens (including phenoxy) is 4. The summed E-state index contributed by atoms with van der Waals surface area (Å²) in [7, 11) is -1.25. The number of esters is 2. The summed E-state index contributed by atoms with van der Waals surface area (Å²) in [6, 6.07) is 0.965. The number of carbonyl (C=O) groups is 2. The van der Waals surface area contributed by atoms with Gasteiger partial charge in [-0.2, -0.15) is 0 Å². The third-order valence-electron chi connectivity index (χ3n) is 8.06. The molecular weight excluding hydrogens is 512 g/mol. The van der Waals surface area contributed by atoms with Crippen LogP contribution in [0.2, 0.25) is 25.7 Å². The Morgan fingerprint density at radius 1 is 0.795 bits per heavy atom. The quantitative estimate of drug-likeness (QED) is 0.170. The molecular formula is C31H58O7Si. The topological polar surface area (TPSA) is 91.3 Å². The maximum atomic E-state index is 13.2. The number of aliphatic hydroxyl groups excluding tert-OH is 1. The van der Waals surface area contributed by atoms with Gasteiger partial charge in [-0.1, -0.05) is 47.3 Å². The lowest BCUT2D eigenvalue weighted by molar-refractivity contribution is -0.161.